The molecule has 19 heavy (non-hydrogen) atoms. The number of hydrogen-bond acceptors (Lipinski definition) is 4. The topological polar surface area (TPSA) is 73.0 Å². The second-order valence-corrected chi connectivity index (χ2v) is 5.01. The second kappa shape index (κ2) is 5.94. The van der Waals surface area contributed by atoms with Crippen LogP contribution in [0.1, 0.15) is 11.1 Å². The van der Waals surface area contributed by atoms with Crippen LogP contribution >= 0.6 is 15.9 Å². The van der Waals surface area contributed by atoms with Crippen molar-refractivity contribution in [1.82, 2.24) is 15.1 Å². The lowest BCUT2D eigenvalue weighted by Crippen LogP contribution is -2.12. The van der Waals surface area contributed by atoms with Gasteiger partial charge in [0.2, 0.25) is 0 Å². The molecule has 0 radical (unpaired) electrons. The fraction of sp³-hybridized carbons (Fsp3) is 0.250. The van der Waals surface area contributed by atoms with E-state index in [-0.39, 0.29) is 5.69 Å². The lowest BCUT2D eigenvalue weighted by atomic mass is 10.2. The maximum Gasteiger partial charge on any atom is 0.270 e. The molecule has 0 aliphatic carbocycles. The molecule has 0 aliphatic rings. The highest BCUT2D eigenvalue weighted by Crippen LogP contribution is 2.22. The number of benzene rings is 1. The molecule has 0 aliphatic heterocycles. The van der Waals surface area contributed by atoms with Crippen LogP contribution in [0.2, 0.25) is 0 Å². The van der Waals surface area contributed by atoms with E-state index in [1.165, 1.54) is 12.1 Å². The van der Waals surface area contributed by atoms with Crippen LogP contribution in [0.4, 0.5) is 5.69 Å². The Bertz CT molecular complexity index is 597. The second-order valence-electron chi connectivity index (χ2n) is 4.16. The summed E-state index contributed by atoms with van der Waals surface area (Å²) in [5.41, 5.74) is 2.16. The fourth-order valence-corrected chi connectivity index (χ4v) is 2.20. The highest BCUT2D eigenvalue weighted by molar-refractivity contribution is 9.10. The molecule has 0 atom stereocenters. The highest BCUT2D eigenvalue weighted by Gasteiger charge is 2.08. The molecule has 0 spiro atoms. The van der Waals surface area contributed by atoms with E-state index in [0.717, 1.165) is 15.6 Å². The summed E-state index contributed by atoms with van der Waals surface area (Å²) in [6.45, 7) is 1.34. The van der Waals surface area contributed by atoms with Gasteiger partial charge in [0.15, 0.2) is 0 Å². The van der Waals surface area contributed by atoms with Gasteiger partial charge in [-0.25, -0.2) is 0 Å². The molecule has 2 aromatic rings. The van der Waals surface area contributed by atoms with Gasteiger partial charge in [0.05, 0.1) is 11.1 Å². The van der Waals surface area contributed by atoms with Crippen LogP contribution in [0.25, 0.3) is 0 Å². The summed E-state index contributed by atoms with van der Waals surface area (Å²) in [7, 11) is 1.87. The third-order valence-electron chi connectivity index (χ3n) is 2.65. The molecule has 0 fully saturated rings. The first kappa shape index (κ1) is 13.7. The lowest BCUT2D eigenvalue weighted by molar-refractivity contribution is -0.384. The van der Waals surface area contributed by atoms with Gasteiger partial charge in [0.1, 0.15) is 0 Å². The van der Waals surface area contributed by atoms with Crippen molar-refractivity contribution >= 4 is 21.6 Å². The standard InChI is InChI=1S/C12H13BrN4O2/c1-16-8-9(6-15-16)5-14-7-10-2-3-11(17(18)19)4-12(10)13/h2-4,6,8,14H,5,7H2,1H3. The van der Waals surface area contributed by atoms with Crippen molar-refractivity contribution in [3.63, 3.8) is 0 Å². The van der Waals surface area contributed by atoms with Crippen LogP contribution in [0, 0.1) is 10.1 Å². The number of nitro groups is 1. The quantitative estimate of drug-likeness (QED) is 0.677. The Hall–Kier alpha value is -1.73. The maximum atomic E-state index is 10.6. The first-order valence-electron chi connectivity index (χ1n) is 5.67. The Morgan fingerprint density at radius 2 is 2.26 bits per heavy atom. The minimum atomic E-state index is -0.405. The zero-order chi connectivity index (χ0) is 13.8. The number of nitrogens with zero attached hydrogens (tertiary/aromatic N) is 3. The number of halogens is 1. The molecular formula is C12H13BrN4O2. The number of rotatable bonds is 5. The van der Waals surface area contributed by atoms with Gasteiger partial charge in [0.25, 0.3) is 5.69 Å². The van der Waals surface area contributed by atoms with E-state index < -0.39 is 4.92 Å². The van der Waals surface area contributed by atoms with Gasteiger partial charge in [-0.15, -0.1) is 0 Å². The van der Waals surface area contributed by atoms with E-state index in [4.69, 9.17) is 0 Å². The smallest absolute Gasteiger partial charge is 0.270 e. The Balaban J connectivity index is 1.94. The third kappa shape index (κ3) is 3.62. The summed E-state index contributed by atoms with van der Waals surface area (Å²) in [4.78, 5) is 10.2. The van der Waals surface area contributed by atoms with Crippen molar-refractivity contribution in [2.24, 2.45) is 7.05 Å². The minimum Gasteiger partial charge on any atom is -0.308 e. The van der Waals surface area contributed by atoms with Gasteiger partial charge in [-0.3, -0.25) is 14.8 Å². The molecule has 1 aromatic carbocycles. The van der Waals surface area contributed by atoms with Gasteiger partial charge in [-0.2, -0.15) is 5.10 Å². The van der Waals surface area contributed by atoms with E-state index in [1.807, 2.05) is 13.2 Å². The molecule has 6 nitrogen and oxygen atoms in total. The lowest BCUT2D eigenvalue weighted by Gasteiger charge is -2.05. The number of nitrogens with one attached hydrogen (secondary N) is 1. The average Bonchev–Trinajstić information content (AvgIpc) is 2.77. The van der Waals surface area contributed by atoms with Gasteiger partial charge in [-0.1, -0.05) is 15.9 Å². The first-order chi connectivity index (χ1) is 9.06. The molecule has 2 rings (SSSR count). The van der Waals surface area contributed by atoms with Crippen LogP contribution < -0.4 is 5.32 Å². The largest absolute Gasteiger partial charge is 0.308 e. The molecule has 0 bridgehead atoms. The summed E-state index contributed by atoms with van der Waals surface area (Å²) in [6.07, 6.45) is 3.75. The number of non-ortho nitro benzene ring substituents is 1. The Kier molecular flexibility index (Phi) is 4.28. The van der Waals surface area contributed by atoms with Crippen LogP contribution in [0.15, 0.2) is 35.1 Å². The monoisotopic (exact) mass is 324 g/mol. The van der Waals surface area contributed by atoms with E-state index >= 15 is 0 Å². The van der Waals surface area contributed by atoms with Gasteiger partial charge in [-0.05, 0) is 11.6 Å². The molecule has 0 saturated heterocycles. The molecule has 100 valence electrons. The average molecular weight is 325 g/mol. The van der Waals surface area contributed by atoms with E-state index in [1.54, 1.807) is 16.9 Å². The first-order valence-corrected chi connectivity index (χ1v) is 6.46. The molecule has 7 heteroatoms. The third-order valence-corrected chi connectivity index (χ3v) is 3.39. The zero-order valence-electron chi connectivity index (χ0n) is 10.3. The van der Waals surface area contributed by atoms with Crippen LogP contribution in [0.5, 0.6) is 0 Å². The molecular weight excluding hydrogens is 312 g/mol. The summed E-state index contributed by atoms with van der Waals surface area (Å²) in [5.74, 6) is 0. The Labute approximate surface area is 118 Å². The minimum absolute atomic E-state index is 0.0860. The molecule has 1 N–H and O–H groups in total. The zero-order valence-corrected chi connectivity index (χ0v) is 11.9. The van der Waals surface area contributed by atoms with Crippen molar-refractivity contribution in [2.75, 3.05) is 0 Å². The predicted molar refractivity (Wildman–Crippen MR) is 74.5 cm³/mol. The van der Waals surface area contributed by atoms with E-state index in [2.05, 4.69) is 26.3 Å². The number of aryl methyl sites for hydroxylation is 1. The Morgan fingerprint density at radius 3 is 2.84 bits per heavy atom. The maximum absolute atomic E-state index is 10.6. The van der Waals surface area contributed by atoms with Crippen molar-refractivity contribution in [2.45, 2.75) is 13.1 Å². The molecule has 1 heterocycles. The number of hydrogen-bond donors (Lipinski definition) is 1. The molecule has 0 saturated carbocycles. The molecule has 1 aromatic heterocycles. The number of nitro benzene ring substituents is 1. The summed E-state index contributed by atoms with van der Waals surface area (Å²) in [5, 5.41) is 18.0. The van der Waals surface area contributed by atoms with Crippen molar-refractivity contribution in [1.29, 1.82) is 0 Å². The van der Waals surface area contributed by atoms with Gasteiger partial charge in [0, 0.05) is 48.5 Å². The van der Waals surface area contributed by atoms with Crippen molar-refractivity contribution in [3.05, 3.63) is 56.3 Å². The molecule has 0 amide bonds. The van der Waals surface area contributed by atoms with Crippen molar-refractivity contribution in [3.8, 4) is 0 Å². The normalized spacial score (nSPS) is 10.6. The van der Waals surface area contributed by atoms with Crippen LogP contribution in [0.3, 0.4) is 0 Å². The van der Waals surface area contributed by atoms with Gasteiger partial charge < -0.3 is 5.32 Å². The van der Waals surface area contributed by atoms with Crippen LogP contribution in [-0.2, 0) is 20.1 Å². The fourth-order valence-electron chi connectivity index (χ4n) is 1.70. The Morgan fingerprint density at radius 1 is 1.47 bits per heavy atom. The molecule has 0 unspecified atom stereocenters. The summed E-state index contributed by atoms with van der Waals surface area (Å²) in [6, 6.07) is 4.77. The van der Waals surface area contributed by atoms with E-state index in [0.29, 0.717) is 13.1 Å². The SMILES string of the molecule is Cn1cc(CNCc2ccc([N+](=O)[O-])cc2Br)cn1. The van der Waals surface area contributed by atoms with Gasteiger partial charge >= 0.3 is 0 Å². The number of aromatic nitrogens is 2. The summed E-state index contributed by atoms with van der Waals surface area (Å²) < 4.78 is 2.49. The highest BCUT2D eigenvalue weighted by atomic mass is 79.9. The van der Waals surface area contributed by atoms with E-state index in [9.17, 15) is 10.1 Å². The predicted octanol–water partition coefficient (Wildman–Crippen LogP) is 2.38. The van der Waals surface area contributed by atoms with Crippen molar-refractivity contribution < 1.29 is 4.92 Å². The summed E-state index contributed by atoms with van der Waals surface area (Å²) >= 11 is 3.35. The van der Waals surface area contributed by atoms with Crippen LogP contribution in [-0.4, -0.2) is 14.7 Å².